The van der Waals surface area contributed by atoms with Crippen LogP contribution in [0, 0.1) is 6.92 Å². The Bertz CT molecular complexity index is 383. The summed E-state index contributed by atoms with van der Waals surface area (Å²) in [6, 6.07) is 0. The summed E-state index contributed by atoms with van der Waals surface area (Å²) in [4.78, 5) is 16.6. The van der Waals surface area contributed by atoms with Gasteiger partial charge in [0.15, 0.2) is 0 Å². The smallest absolute Gasteiger partial charge is 0.349 e. The first-order valence-electron chi connectivity index (χ1n) is 5.48. The molecule has 0 aromatic carbocycles. The third kappa shape index (κ3) is 2.25. The lowest BCUT2D eigenvalue weighted by Crippen LogP contribution is -2.28. The maximum absolute atomic E-state index is 11.5. The molecule has 1 N–H and O–H groups in total. The van der Waals surface area contributed by atoms with E-state index >= 15 is 0 Å². The van der Waals surface area contributed by atoms with E-state index in [0.717, 1.165) is 30.2 Å². The Hall–Kier alpha value is -0.940. The van der Waals surface area contributed by atoms with Gasteiger partial charge in [0.1, 0.15) is 4.88 Å². The second kappa shape index (κ2) is 4.93. The fourth-order valence-electron chi connectivity index (χ4n) is 1.94. The van der Waals surface area contributed by atoms with Crippen molar-refractivity contribution in [3.05, 3.63) is 15.6 Å². The minimum absolute atomic E-state index is 0.273. The molecule has 2 rings (SSSR count). The zero-order chi connectivity index (χ0) is 11.5. The third-order valence-corrected chi connectivity index (χ3v) is 4.13. The molecular weight excluding hydrogens is 224 g/mol. The first kappa shape index (κ1) is 11.5. The first-order chi connectivity index (χ1) is 7.72. The van der Waals surface area contributed by atoms with Crippen LogP contribution in [0.15, 0.2) is 0 Å². The maximum atomic E-state index is 11.5. The molecule has 1 saturated heterocycles. The summed E-state index contributed by atoms with van der Waals surface area (Å²) in [5.74, 6) is 0.181. The summed E-state index contributed by atoms with van der Waals surface area (Å²) in [5.41, 5.74) is 0.789. The quantitative estimate of drug-likeness (QED) is 0.799. The van der Waals surface area contributed by atoms with Crippen LogP contribution in [0.25, 0.3) is 0 Å². The molecule has 4 nitrogen and oxygen atoms in total. The number of methoxy groups -OCH3 is 1. The highest BCUT2D eigenvalue weighted by molar-refractivity contribution is 7.13. The molecule has 2 heterocycles. The average Bonchev–Trinajstić information content (AvgIpc) is 2.71. The molecule has 0 saturated carbocycles. The summed E-state index contributed by atoms with van der Waals surface area (Å²) < 4.78 is 4.73. The lowest BCUT2D eigenvalue weighted by atomic mass is 10.0. The molecule has 16 heavy (non-hydrogen) atoms. The van der Waals surface area contributed by atoms with Gasteiger partial charge >= 0.3 is 5.97 Å². The number of aromatic nitrogens is 1. The highest BCUT2D eigenvalue weighted by atomic mass is 32.1. The standard InChI is InChI=1S/C11H16N2O2S/c1-7-9(11(14)15-2)16-10(13-7)8-4-3-5-12-6-8/h8,12H,3-6H2,1-2H3/t8-/m1/s1. The van der Waals surface area contributed by atoms with Crippen molar-refractivity contribution in [2.24, 2.45) is 0 Å². The van der Waals surface area contributed by atoms with Crippen molar-refractivity contribution in [3.63, 3.8) is 0 Å². The Kier molecular flexibility index (Phi) is 3.56. The van der Waals surface area contributed by atoms with Gasteiger partial charge in [0, 0.05) is 12.5 Å². The number of rotatable bonds is 2. The summed E-state index contributed by atoms with van der Waals surface area (Å²) in [6.07, 6.45) is 2.33. The predicted octanol–water partition coefficient (Wildman–Crippen LogP) is 1.71. The molecule has 0 unspecified atom stereocenters. The minimum Gasteiger partial charge on any atom is -0.465 e. The number of ether oxygens (including phenoxy) is 1. The fraction of sp³-hybridized carbons (Fsp3) is 0.636. The molecule has 0 amide bonds. The molecule has 88 valence electrons. The topological polar surface area (TPSA) is 51.2 Å². The largest absolute Gasteiger partial charge is 0.465 e. The van der Waals surface area contributed by atoms with Crippen LogP contribution < -0.4 is 5.32 Å². The van der Waals surface area contributed by atoms with Crippen molar-refractivity contribution >= 4 is 17.3 Å². The van der Waals surface area contributed by atoms with Crippen LogP contribution in [0.1, 0.15) is 39.1 Å². The van der Waals surface area contributed by atoms with Crippen LogP contribution in [0.2, 0.25) is 0 Å². The first-order valence-corrected chi connectivity index (χ1v) is 6.30. The predicted molar refractivity (Wildman–Crippen MR) is 63.0 cm³/mol. The van der Waals surface area contributed by atoms with E-state index in [-0.39, 0.29) is 5.97 Å². The highest BCUT2D eigenvalue weighted by Gasteiger charge is 2.22. The molecule has 1 aliphatic heterocycles. The van der Waals surface area contributed by atoms with Crippen LogP contribution in [-0.2, 0) is 4.74 Å². The number of carbonyl (C=O) groups is 1. The summed E-state index contributed by atoms with van der Waals surface area (Å²) in [5, 5.41) is 4.42. The van der Waals surface area contributed by atoms with Crippen LogP contribution in [-0.4, -0.2) is 31.2 Å². The summed E-state index contributed by atoms with van der Waals surface area (Å²) >= 11 is 1.47. The highest BCUT2D eigenvalue weighted by Crippen LogP contribution is 2.29. The van der Waals surface area contributed by atoms with E-state index in [0.29, 0.717) is 10.8 Å². The molecule has 5 heteroatoms. The average molecular weight is 240 g/mol. The van der Waals surface area contributed by atoms with Crippen molar-refractivity contribution in [3.8, 4) is 0 Å². The third-order valence-electron chi connectivity index (χ3n) is 2.83. The van der Waals surface area contributed by atoms with E-state index in [2.05, 4.69) is 10.3 Å². The van der Waals surface area contributed by atoms with Gasteiger partial charge in [-0.2, -0.15) is 0 Å². The number of thiazole rings is 1. The Balaban J connectivity index is 2.19. The van der Waals surface area contributed by atoms with E-state index in [1.54, 1.807) is 0 Å². The molecule has 0 aliphatic carbocycles. The number of carbonyl (C=O) groups excluding carboxylic acids is 1. The molecule has 0 radical (unpaired) electrons. The Labute approximate surface area is 99.0 Å². The molecule has 1 aromatic heterocycles. The number of esters is 1. The zero-order valence-corrected chi connectivity index (χ0v) is 10.4. The van der Waals surface area contributed by atoms with Crippen LogP contribution in [0.5, 0.6) is 0 Å². The van der Waals surface area contributed by atoms with Crippen LogP contribution in [0.3, 0.4) is 0 Å². The van der Waals surface area contributed by atoms with Gasteiger partial charge in [-0.25, -0.2) is 9.78 Å². The van der Waals surface area contributed by atoms with Gasteiger partial charge in [-0.1, -0.05) is 0 Å². The fourth-order valence-corrected chi connectivity index (χ4v) is 3.06. The number of nitrogens with one attached hydrogen (secondary N) is 1. The molecule has 0 spiro atoms. The number of aryl methyl sites for hydroxylation is 1. The van der Waals surface area contributed by atoms with Gasteiger partial charge < -0.3 is 10.1 Å². The SMILES string of the molecule is COC(=O)c1sc([C@@H]2CCCNC2)nc1C. The van der Waals surface area contributed by atoms with Crippen LogP contribution in [0.4, 0.5) is 0 Å². The molecule has 0 bridgehead atoms. The Morgan fingerprint density at radius 3 is 3.06 bits per heavy atom. The van der Waals surface area contributed by atoms with Crippen molar-refractivity contribution in [2.45, 2.75) is 25.7 Å². The van der Waals surface area contributed by atoms with Crippen molar-refractivity contribution in [1.29, 1.82) is 0 Å². The second-order valence-corrected chi connectivity index (χ2v) is 5.03. The van der Waals surface area contributed by atoms with Gasteiger partial charge in [-0.05, 0) is 26.3 Å². The molecular formula is C11H16N2O2S. The molecule has 1 aromatic rings. The van der Waals surface area contributed by atoms with E-state index in [4.69, 9.17) is 4.74 Å². The Morgan fingerprint density at radius 2 is 2.44 bits per heavy atom. The second-order valence-electron chi connectivity index (χ2n) is 4.00. The van der Waals surface area contributed by atoms with E-state index in [1.807, 2.05) is 6.92 Å². The van der Waals surface area contributed by atoms with Crippen molar-refractivity contribution < 1.29 is 9.53 Å². The van der Waals surface area contributed by atoms with Gasteiger partial charge in [0.2, 0.25) is 0 Å². The van der Waals surface area contributed by atoms with E-state index in [9.17, 15) is 4.79 Å². The van der Waals surface area contributed by atoms with Gasteiger partial charge in [0.25, 0.3) is 0 Å². The minimum atomic E-state index is -0.273. The molecule has 1 atom stereocenters. The van der Waals surface area contributed by atoms with Gasteiger partial charge in [0.05, 0.1) is 17.8 Å². The number of nitrogens with zero attached hydrogens (tertiary/aromatic N) is 1. The zero-order valence-electron chi connectivity index (χ0n) is 9.58. The number of hydrogen-bond donors (Lipinski definition) is 1. The summed E-state index contributed by atoms with van der Waals surface area (Å²) in [6.45, 7) is 3.92. The number of hydrogen-bond acceptors (Lipinski definition) is 5. The van der Waals surface area contributed by atoms with Gasteiger partial charge in [-0.3, -0.25) is 0 Å². The van der Waals surface area contributed by atoms with Crippen LogP contribution >= 0.6 is 11.3 Å². The lowest BCUT2D eigenvalue weighted by Gasteiger charge is -2.20. The van der Waals surface area contributed by atoms with Crippen molar-refractivity contribution in [1.82, 2.24) is 10.3 Å². The molecule has 1 fully saturated rings. The number of piperidine rings is 1. The normalized spacial score (nSPS) is 20.8. The van der Waals surface area contributed by atoms with Gasteiger partial charge in [-0.15, -0.1) is 11.3 Å². The lowest BCUT2D eigenvalue weighted by molar-refractivity contribution is 0.0605. The van der Waals surface area contributed by atoms with Crippen molar-refractivity contribution in [2.75, 3.05) is 20.2 Å². The molecule has 1 aliphatic rings. The Morgan fingerprint density at radius 1 is 1.62 bits per heavy atom. The summed E-state index contributed by atoms with van der Waals surface area (Å²) in [7, 11) is 1.41. The van der Waals surface area contributed by atoms with E-state index in [1.165, 1.54) is 24.9 Å². The monoisotopic (exact) mass is 240 g/mol. The maximum Gasteiger partial charge on any atom is 0.349 e. The van der Waals surface area contributed by atoms with E-state index < -0.39 is 0 Å².